The molecule has 1 saturated heterocycles. The number of carbonyl (C=O) groups excluding carboxylic acids is 2. The normalized spacial score (nSPS) is 18.5. The summed E-state index contributed by atoms with van der Waals surface area (Å²) >= 11 is 0. The van der Waals surface area contributed by atoms with Crippen LogP contribution >= 0.6 is 0 Å². The fourth-order valence-corrected chi connectivity index (χ4v) is 4.76. The average molecular weight is 452 g/mol. The van der Waals surface area contributed by atoms with Gasteiger partial charge < -0.3 is 15.5 Å². The zero-order valence-corrected chi connectivity index (χ0v) is 18.9. The molecule has 9 nitrogen and oxygen atoms in total. The highest BCUT2D eigenvalue weighted by Gasteiger charge is 2.30. The Morgan fingerprint density at radius 2 is 2.03 bits per heavy atom. The van der Waals surface area contributed by atoms with E-state index in [4.69, 9.17) is 0 Å². The first-order chi connectivity index (χ1) is 15.9. The zero-order valence-electron chi connectivity index (χ0n) is 18.9. The highest BCUT2D eigenvalue weighted by atomic mass is 19.1. The van der Waals surface area contributed by atoms with Crippen LogP contribution in [0.5, 0.6) is 0 Å². The van der Waals surface area contributed by atoms with E-state index in [9.17, 15) is 14.0 Å². The minimum atomic E-state index is -0.635. The van der Waals surface area contributed by atoms with Crippen LogP contribution in [0.25, 0.3) is 5.52 Å². The van der Waals surface area contributed by atoms with Crippen LogP contribution in [0.1, 0.15) is 40.2 Å². The van der Waals surface area contributed by atoms with Gasteiger partial charge in [0.25, 0.3) is 5.91 Å². The molecule has 0 unspecified atom stereocenters. The predicted octanol–water partition coefficient (Wildman–Crippen LogP) is 1.91. The molecule has 10 heteroatoms. The minimum Gasteiger partial charge on any atom is -0.365 e. The lowest BCUT2D eigenvalue weighted by Crippen LogP contribution is -2.46. The number of hydrogen-bond donors (Lipinski definition) is 2. The maximum atomic E-state index is 14.5. The van der Waals surface area contributed by atoms with E-state index in [-0.39, 0.29) is 17.5 Å². The quantitative estimate of drug-likeness (QED) is 0.589. The van der Waals surface area contributed by atoms with Crippen molar-refractivity contribution in [2.75, 3.05) is 43.4 Å². The number of aromatic nitrogens is 3. The zero-order chi connectivity index (χ0) is 23.3. The molecule has 3 aromatic heterocycles. The molecule has 2 aliphatic rings. The molecule has 0 radical (unpaired) electrons. The molecular formula is C23H26FN7O2. The lowest BCUT2D eigenvalue weighted by atomic mass is 9.95. The van der Waals surface area contributed by atoms with Gasteiger partial charge in [0.1, 0.15) is 5.69 Å². The summed E-state index contributed by atoms with van der Waals surface area (Å²) in [6.45, 7) is 7.33. The van der Waals surface area contributed by atoms with Crippen LogP contribution in [0, 0.1) is 12.9 Å². The topological polar surface area (TPSA) is 94.9 Å². The standard InChI is InChI=1S/C23H26FN7O2/c1-13-19-14(2)28-31-12-15(10-17(20(19)31)27-22(13)32)11-29-6-8-30(9-7-29)18-5-4-16(23(33)25-3)26-21(18)24/h4-5,10,12-13H,6-9,11H2,1-3H3,(H,25,33)(H,27,32)/t13-/m0/s1. The van der Waals surface area contributed by atoms with Gasteiger partial charge in [-0.25, -0.2) is 9.50 Å². The summed E-state index contributed by atoms with van der Waals surface area (Å²) in [5.41, 5.74) is 5.16. The van der Waals surface area contributed by atoms with Gasteiger partial charge in [0.2, 0.25) is 11.9 Å². The summed E-state index contributed by atoms with van der Waals surface area (Å²) in [4.78, 5) is 32.1. The van der Waals surface area contributed by atoms with Gasteiger partial charge in [-0.2, -0.15) is 9.49 Å². The number of hydrogen-bond acceptors (Lipinski definition) is 6. The molecule has 0 saturated carbocycles. The van der Waals surface area contributed by atoms with Gasteiger partial charge >= 0.3 is 0 Å². The maximum absolute atomic E-state index is 14.5. The fourth-order valence-electron chi connectivity index (χ4n) is 4.76. The Kier molecular flexibility index (Phi) is 5.24. The third-order valence-corrected chi connectivity index (χ3v) is 6.50. The van der Waals surface area contributed by atoms with Crippen LogP contribution < -0.4 is 15.5 Å². The number of piperazine rings is 1. The number of nitrogens with one attached hydrogen (secondary N) is 2. The summed E-state index contributed by atoms with van der Waals surface area (Å²) in [6.07, 6.45) is 2.02. The fraction of sp³-hybridized carbons (Fsp3) is 0.391. The van der Waals surface area contributed by atoms with Crippen molar-refractivity contribution in [3.8, 4) is 0 Å². The molecule has 2 amide bonds. The van der Waals surface area contributed by atoms with Gasteiger partial charge in [0.05, 0.1) is 28.5 Å². The summed E-state index contributed by atoms with van der Waals surface area (Å²) < 4.78 is 16.4. The van der Waals surface area contributed by atoms with E-state index in [2.05, 4.69) is 25.6 Å². The van der Waals surface area contributed by atoms with E-state index in [1.165, 1.54) is 7.05 Å². The molecule has 5 rings (SSSR count). The van der Waals surface area contributed by atoms with Crippen molar-refractivity contribution in [3.05, 3.63) is 52.9 Å². The first-order valence-corrected chi connectivity index (χ1v) is 11.0. The Labute approximate surface area is 190 Å². The third-order valence-electron chi connectivity index (χ3n) is 6.50. The van der Waals surface area contributed by atoms with Crippen molar-refractivity contribution < 1.29 is 14.0 Å². The molecule has 2 aliphatic heterocycles. The number of carbonyl (C=O) groups is 2. The molecule has 1 fully saturated rings. The molecule has 172 valence electrons. The van der Waals surface area contributed by atoms with Gasteiger partial charge in [-0.3, -0.25) is 14.5 Å². The van der Waals surface area contributed by atoms with Crippen LogP contribution in [0.2, 0.25) is 0 Å². The molecule has 0 aromatic carbocycles. The minimum absolute atomic E-state index is 0.00987. The van der Waals surface area contributed by atoms with E-state index < -0.39 is 11.9 Å². The summed E-state index contributed by atoms with van der Waals surface area (Å²) in [5, 5.41) is 10.1. The SMILES string of the molecule is CNC(=O)c1ccc(N2CCN(Cc3cc4c5c(c(C)nn5c3)[C@H](C)C(=O)N4)CC2)c(F)n1. The smallest absolute Gasteiger partial charge is 0.269 e. The van der Waals surface area contributed by atoms with E-state index in [1.54, 1.807) is 12.1 Å². The van der Waals surface area contributed by atoms with Crippen molar-refractivity contribution in [1.82, 2.24) is 24.8 Å². The highest BCUT2D eigenvalue weighted by molar-refractivity contribution is 6.05. The van der Waals surface area contributed by atoms with Gasteiger partial charge in [-0.05, 0) is 37.6 Å². The van der Waals surface area contributed by atoms with Gasteiger partial charge in [-0.1, -0.05) is 0 Å². The van der Waals surface area contributed by atoms with E-state index in [0.29, 0.717) is 25.3 Å². The largest absolute Gasteiger partial charge is 0.365 e. The average Bonchev–Trinajstić information content (AvgIpc) is 3.14. The molecule has 1 atom stereocenters. The van der Waals surface area contributed by atoms with E-state index in [1.807, 2.05) is 35.5 Å². The Balaban J connectivity index is 1.29. The van der Waals surface area contributed by atoms with E-state index in [0.717, 1.165) is 41.1 Å². The molecule has 5 heterocycles. The van der Waals surface area contributed by atoms with Crippen molar-refractivity contribution >= 4 is 28.7 Å². The van der Waals surface area contributed by atoms with Crippen molar-refractivity contribution in [2.24, 2.45) is 0 Å². The van der Waals surface area contributed by atoms with Gasteiger partial charge in [0, 0.05) is 51.5 Å². The number of halogens is 1. The van der Waals surface area contributed by atoms with Crippen LogP contribution in [-0.4, -0.2) is 64.5 Å². The first-order valence-electron chi connectivity index (χ1n) is 11.0. The predicted molar refractivity (Wildman–Crippen MR) is 122 cm³/mol. The number of aryl methyl sites for hydroxylation is 1. The molecule has 0 aliphatic carbocycles. The van der Waals surface area contributed by atoms with Crippen molar-refractivity contribution in [3.63, 3.8) is 0 Å². The second kappa shape index (κ2) is 8.11. The van der Waals surface area contributed by atoms with E-state index >= 15 is 0 Å². The van der Waals surface area contributed by atoms with Crippen LogP contribution in [-0.2, 0) is 11.3 Å². The Morgan fingerprint density at radius 1 is 1.27 bits per heavy atom. The van der Waals surface area contributed by atoms with Crippen LogP contribution in [0.3, 0.4) is 0 Å². The van der Waals surface area contributed by atoms with Crippen molar-refractivity contribution in [2.45, 2.75) is 26.3 Å². The monoisotopic (exact) mass is 451 g/mol. The van der Waals surface area contributed by atoms with Crippen LogP contribution in [0.4, 0.5) is 15.8 Å². The number of amides is 2. The molecule has 0 spiro atoms. The third kappa shape index (κ3) is 3.70. The Hall–Kier alpha value is -3.53. The Morgan fingerprint density at radius 3 is 2.73 bits per heavy atom. The second-order valence-corrected chi connectivity index (χ2v) is 8.61. The highest BCUT2D eigenvalue weighted by Crippen LogP contribution is 2.35. The number of rotatable bonds is 4. The molecule has 0 bridgehead atoms. The number of pyridine rings is 2. The number of nitrogens with zero attached hydrogens (tertiary/aromatic N) is 5. The summed E-state index contributed by atoms with van der Waals surface area (Å²) in [6, 6.07) is 5.18. The molecule has 2 N–H and O–H groups in total. The summed E-state index contributed by atoms with van der Waals surface area (Å²) in [7, 11) is 1.49. The van der Waals surface area contributed by atoms with Crippen molar-refractivity contribution in [1.29, 1.82) is 0 Å². The van der Waals surface area contributed by atoms with Gasteiger partial charge in [-0.15, -0.1) is 0 Å². The molecule has 33 heavy (non-hydrogen) atoms. The van der Waals surface area contributed by atoms with Gasteiger partial charge in [0.15, 0.2) is 0 Å². The molecular weight excluding hydrogens is 425 g/mol. The number of anilines is 2. The summed E-state index contributed by atoms with van der Waals surface area (Å²) in [5.74, 6) is -1.27. The lowest BCUT2D eigenvalue weighted by molar-refractivity contribution is -0.117. The lowest BCUT2D eigenvalue weighted by Gasteiger charge is -2.36. The van der Waals surface area contributed by atoms with Crippen LogP contribution in [0.15, 0.2) is 24.4 Å². The first kappa shape index (κ1) is 21.3. The Bertz CT molecular complexity index is 1260. The maximum Gasteiger partial charge on any atom is 0.269 e. The molecule has 3 aromatic rings. The second-order valence-electron chi connectivity index (χ2n) is 8.61.